The minimum atomic E-state index is -1.45. The van der Waals surface area contributed by atoms with Crippen molar-refractivity contribution in [3.63, 3.8) is 0 Å². The third-order valence-corrected chi connectivity index (χ3v) is 6.83. The first kappa shape index (κ1) is 10.6. The first-order valence-corrected chi connectivity index (χ1v) is 6.68. The Kier molecular flexibility index (Phi) is 2.28. The van der Waals surface area contributed by atoms with E-state index in [1.807, 2.05) is 0 Å². The molecule has 0 aromatic carbocycles. The predicted octanol–water partition coefficient (Wildman–Crippen LogP) is 3.59. The molecule has 0 saturated heterocycles. The predicted molar refractivity (Wildman–Crippen MR) is 57.6 cm³/mol. The van der Waals surface area contributed by atoms with Crippen LogP contribution in [0.15, 0.2) is 0 Å². The summed E-state index contributed by atoms with van der Waals surface area (Å²) in [4.78, 5) is 0. The van der Waals surface area contributed by atoms with E-state index in [4.69, 9.17) is 4.52 Å². The number of hydrogen-bond acceptors (Lipinski definition) is 2. The molecular weight excluding hydrogens is 195 g/mol. The molecule has 0 radical (unpaired) electrons. The Morgan fingerprint density at radius 3 is 2.36 bits per heavy atom. The molecule has 2 bridgehead atoms. The normalized spacial score (nSPS) is 45.6. The molecule has 2 fully saturated rings. The van der Waals surface area contributed by atoms with Crippen molar-refractivity contribution in [1.29, 1.82) is 0 Å². The second-order valence-electron chi connectivity index (χ2n) is 5.59. The van der Waals surface area contributed by atoms with E-state index in [0.717, 1.165) is 12.3 Å². The van der Waals surface area contributed by atoms with Gasteiger partial charge >= 0.3 is 8.03 Å². The molecule has 2 aliphatic rings. The summed E-state index contributed by atoms with van der Waals surface area (Å²) in [5.41, 5.74) is 0.874. The first-order valence-electron chi connectivity index (χ1n) is 5.44. The van der Waals surface area contributed by atoms with Gasteiger partial charge in [0.1, 0.15) is 0 Å². The van der Waals surface area contributed by atoms with Gasteiger partial charge in [0.25, 0.3) is 0 Å². The van der Waals surface area contributed by atoms with Gasteiger partial charge in [0.15, 0.2) is 5.66 Å². The van der Waals surface area contributed by atoms with Crippen LogP contribution in [0.25, 0.3) is 0 Å². The quantitative estimate of drug-likeness (QED) is 0.658. The fourth-order valence-electron chi connectivity index (χ4n) is 3.61. The maximum absolute atomic E-state index is 11.8. The summed E-state index contributed by atoms with van der Waals surface area (Å²) in [6.45, 7) is 6.98. The topological polar surface area (TPSA) is 26.3 Å². The second-order valence-corrected chi connectivity index (χ2v) is 7.15. The Labute approximate surface area is 87.3 Å². The van der Waals surface area contributed by atoms with Gasteiger partial charge in [-0.3, -0.25) is 0 Å². The molecule has 0 N–H and O–H groups in total. The molecule has 0 amide bonds. The van der Waals surface area contributed by atoms with Crippen LogP contribution in [-0.4, -0.2) is 12.8 Å². The van der Waals surface area contributed by atoms with Crippen molar-refractivity contribution < 1.29 is 9.09 Å². The van der Waals surface area contributed by atoms with Crippen molar-refractivity contribution in [3.05, 3.63) is 0 Å². The fraction of sp³-hybridized carbons (Fsp3) is 1.00. The van der Waals surface area contributed by atoms with E-state index in [0.29, 0.717) is 5.41 Å². The van der Waals surface area contributed by atoms with Gasteiger partial charge in [0.05, 0.1) is 7.11 Å². The third kappa shape index (κ3) is 1.07. The minimum absolute atomic E-state index is 0.237. The zero-order chi connectivity index (χ0) is 10.6. The molecule has 14 heavy (non-hydrogen) atoms. The second kappa shape index (κ2) is 3.02. The Balaban J connectivity index is 2.31. The van der Waals surface area contributed by atoms with Crippen LogP contribution in [0.3, 0.4) is 0 Å². The summed E-state index contributed by atoms with van der Waals surface area (Å²) in [5, 5.41) is 0. The molecule has 0 heterocycles. The Morgan fingerprint density at radius 1 is 1.36 bits per heavy atom. The minimum Gasteiger partial charge on any atom is -0.149 e. The third-order valence-electron chi connectivity index (χ3n) is 5.18. The standard InChI is InChI=1S/C11H20O2P/c1-10(2)8-5-6-11(10,3)9(7-8)14(12)13-4/h8-9H,5-7H2,1-4H3/q+1. The summed E-state index contributed by atoms with van der Waals surface area (Å²) in [7, 11) is 0.119. The molecule has 2 saturated carbocycles. The van der Waals surface area contributed by atoms with Crippen LogP contribution >= 0.6 is 8.03 Å². The maximum atomic E-state index is 11.8. The Hall–Kier alpha value is 0.0600. The molecule has 4 unspecified atom stereocenters. The SMILES string of the molecule is CO[P+](=O)C1CC2CCC1(C)C2(C)C. The molecule has 3 heteroatoms. The van der Waals surface area contributed by atoms with Crippen LogP contribution in [-0.2, 0) is 9.09 Å². The molecule has 0 aromatic heterocycles. The Morgan fingerprint density at radius 2 is 2.00 bits per heavy atom. The Bertz CT molecular complexity index is 274. The largest absolute Gasteiger partial charge is 0.511 e. The molecule has 2 rings (SSSR count). The van der Waals surface area contributed by atoms with E-state index in [1.165, 1.54) is 12.8 Å². The van der Waals surface area contributed by atoms with E-state index >= 15 is 0 Å². The van der Waals surface area contributed by atoms with Crippen LogP contribution < -0.4 is 0 Å². The summed E-state index contributed by atoms with van der Waals surface area (Å²) >= 11 is 0. The smallest absolute Gasteiger partial charge is 0.149 e. The highest BCUT2D eigenvalue weighted by Gasteiger charge is 2.68. The highest BCUT2D eigenvalue weighted by Crippen LogP contribution is 2.70. The lowest BCUT2D eigenvalue weighted by Crippen LogP contribution is -2.33. The number of fused-ring (bicyclic) bond motifs is 2. The summed E-state index contributed by atoms with van der Waals surface area (Å²) in [6, 6.07) is 0. The van der Waals surface area contributed by atoms with E-state index in [1.54, 1.807) is 7.11 Å². The molecule has 0 aromatic rings. The van der Waals surface area contributed by atoms with Crippen molar-refractivity contribution in [1.82, 2.24) is 0 Å². The van der Waals surface area contributed by atoms with Crippen LogP contribution in [0.1, 0.15) is 40.0 Å². The lowest BCUT2D eigenvalue weighted by atomic mass is 9.71. The summed E-state index contributed by atoms with van der Waals surface area (Å²) in [6.07, 6.45) is 3.64. The van der Waals surface area contributed by atoms with Crippen molar-refractivity contribution >= 4 is 8.03 Å². The molecule has 2 aliphatic carbocycles. The molecule has 0 aliphatic heterocycles. The fourth-order valence-corrected chi connectivity index (χ4v) is 5.22. The molecular formula is C11H20O2P+. The van der Waals surface area contributed by atoms with E-state index in [2.05, 4.69) is 20.8 Å². The number of rotatable bonds is 2. The average molecular weight is 215 g/mol. The van der Waals surface area contributed by atoms with Crippen LogP contribution in [0.2, 0.25) is 0 Å². The molecule has 80 valence electrons. The lowest BCUT2D eigenvalue weighted by Gasteiger charge is -2.34. The highest BCUT2D eigenvalue weighted by atomic mass is 31.1. The van der Waals surface area contributed by atoms with Crippen LogP contribution in [0, 0.1) is 16.7 Å². The maximum Gasteiger partial charge on any atom is 0.511 e. The first-order chi connectivity index (χ1) is 6.43. The van der Waals surface area contributed by atoms with Gasteiger partial charge < -0.3 is 0 Å². The van der Waals surface area contributed by atoms with E-state index < -0.39 is 8.03 Å². The zero-order valence-electron chi connectivity index (χ0n) is 9.54. The molecule has 4 atom stereocenters. The van der Waals surface area contributed by atoms with Crippen molar-refractivity contribution in [2.75, 3.05) is 7.11 Å². The van der Waals surface area contributed by atoms with Gasteiger partial charge in [-0.05, 0) is 28.7 Å². The summed E-state index contributed by atoms with van der Waals surface area (Å²) < 4.78 is 16.9. The van der Waals surface area contributed by atoms with E-state index in [-0.39, 0.29) is 11.1 Å². The van der Waals surface area contributed by atoms with Gasteiger partial charge in [-0.2, -0.15) is 0 Å². The lowest BCUT2D eigenvalue weighted by molar-refractivity contribution is 0.151. The van der Waals surface area contributed by atoms with Gasteiger partial charge in [0.2, 0.25) is 0 Å². The molecule has 2 nitrogen and oxygen atoms in total. The van der Waals surface area contributed by atoms with Gasteiger partial charge in [-0.15, -0.1) is 4.52 Å². The van der Waals surface area contributed by atoms with Gasteiger partial charge in [-0.25, -0.2) is 0 Å². The monoisotopic (exact) mass is 215 g/mol. The van der Waals surface area contributed by atoms with Gasteiger partial charge in [-0.1, -0.05) is 20.8 Å². The average Bonchev–Trinajstić information content (AvgIpc) is 2.47. The van der Waals surface area contributed by atoms with Crippen molar-refractivity contribution in [3.8, 4) is 0 Å². The van der Waals surface area contributed by atoms with Crippen molar-refractivity contribution in [2.24, 2.45) is 16.7 Å². The van der Waals surface area contributed by atoms with Gasteiger partial charge in [0, 0.05) is 11.8 Å². The summed E-state index contributed by atoms with van der Waals surface area (Å²) in [5.74, 6) is 0.756. The highest BCUT2D eigenvalue weighted by molar-refractivity contribution is 7.40. The van der Waals surface area contributed by atoms with Crippen LogP contribution in [0.5, 0.6) is 0 Å². The van der Waals surface area contributed by atoms with E-state index in [9.17, 15) is 4.57 Å². The number of hydrogen-bond donors (Lipinski definition) is 0. The zero-order valence-corrected chi connectivity index (χ0v) is 10.4. The van der Waals surface area contributed by atoms with Crippen molar-refractivity contribution in [2.45, 2.75) is 45.7 Å². The van der Waals surface area contributed by atoms with Crippen LogP contribution in [0.4, 0.5) is 0 Å². The molecule has 0 spiro atoms.